The lowest BCUT2D eigenvalue weighted by molar-refractivity contribution is -0.118. The van der Waals surface area contributed by atoms with Gasteiger partial charge in [0.2, 0.25) is 0 Å². The number of amides is 1. The van der Waals surface area contributed by atoms with Crippen LogP contribution in [0.4, 0.5) is 5.69 Å². The van der Waals surface area contributed by atoms with E-state index in [1.165, 1.54) is 0 Å². The minimum Gasteiger partial charge on any atom is -0.484 e. The molecule has 0 unspecified atom stereocenters. The number of hydrogen-bond acceptors (Lipinski definition) is 4. The number of nitrogens with zero attached hydrogens (tertiary/aromatic N) is 2. The van der Waals surface area contributed by atoms with Gasteiger partial charge in [0, 0.05) is 37.4 Å². The Morgan fingerprint density at radius 2 is 1.72 bits per heavy atom. The molecular formula is C23H29N3O2S. The number of anilines is 1. The minimum absolute atomic E-state index is 0.0270. The topological polar surface area (TPSA) is 44.8 Å². The van der Waals surface area contributed by atoms with E-state index in [9.17, 15) is 4.79 Å². The Balaban J connectivity index is 1.50. The van der Waals surface area contributed by atoms with Crippen molar-refractivity contribution in [2.45, 2.75) is 20.3 Å². The number of carbonyl (C=O) groups is 1. The molecule has 29 heavy (non-hydrogen) atoms. The highest BCUT2D eigenvalue weighted by atomic mass is 32.1. The number of nitrogens with one attached hydrogen (secondary N) is 1. The standard InChI is InChI=1S/C23H29N3O2S/c1-3-18-7-5-6-8-21(18)24-22(27)17-28-20-11-9-19(10-12-20)23(29)26-15-13-25(4-2)14-16-26/h5-12H,3-4,13-17H2,1-2H3,(H,24,27). The summed E-state index contributed by atoms with van der Waals surface area (Å²) in [6, 6.07) is 15.5. The number of hydrogen-bond donors (Lipinski definition) is 1. The molecule has 0 aliphatic carbocycles. The fraction of sp³-hybridized carbons (Fsp3) is 0.391. The Labute approximate surface area is 178 Å². The third-order valence-corrected chi connectivity index (χ3v) is 5.74. The molecule has 0 saturated carbocycles. The second-order valence-corrected chi connectivity index (χ2v) is 7.49. The molecule has 154 valence electrons. The highest BCUT2D eigenvalue weighted by molar-refractivity contribution is 7.80. The lowest BCUT2D eigenvalue weighted by atomic mass is 10.1. The fourth-order valence-electron chi connectivity index (χ4n) is 3.43. The zero-order valence-electron chi connectivity index (χ0n) is 17.2. The van der Waals surface area contributed by atoms with Crippen molar-refractivity contribution in [2.75, 3.05) is 44.6 Å². The molecular weight excluding hydrogens is 382 g/mol. The van der Waals surface area contributed by atoms with Crippen LogP contribution in [-0.4, -0.2) is 60.0 Å². The Kier molecular flexibility index (Phi) is 7.61. The van der Waals surface area contributed by atoms with Crippen LogP contribution in [0.5, 0.6) is 5.75 Å². The zero-order chi connectivity index (χ0) is 20.6. The first-order valence-electron chi connectivity index (χ1n) is 10.2. The van der Waals surface area contributed by atoms with E-state index < -0.39 is 0 Å². The molecule has 6 heteroatoms. The Hall–Kier alpha value is -2.44. The van der Waals surface area contributed by atoms with Gasteiger partial charge in [0.05, 0.1) is 0 Å². The maximum Gasteiger partial charge on any atom is 0.262 e. The molecule has 0 radical (unpaired) electrons. The van der Waals surface area contributed by atoms with Gasteiger partial charge in [0.15, 0.2) is 6.61 Å². The van der Waals surface area contributed by atoms with Crippen LogP contribution in [0.3, 0.4) is 0 Å². The summed E-state index contributed by atoms with van der Waals surface area (Å²) in [5, 5.41) is 2.92. The van der Waals surface area contributed by atoms with Gasteiger partial charge in [-0.1, -0.05) is 44.3 Å². The number of carbonyl (C=O) groups excluding carboxylic acids is 1. The summed E-state index contributed by atoms with van der Waals surface area (Å²) < 4.78 is 5.65. The Morgan fingerprint density at radius 1 is 1.03 bits per heavy atom. The summed E-state index contributed by atoms with van der Waals surface area (Å²) in [6.45, 7) is 9.34. The molecule has 2 aromatic carbocycles. The number of ether oxygens (including phenoxy) is 1. The smallest absolute Gasteiger partial charge is 0.262 e. The van der Waals surface area contributed by atoms with Gasteiger partial charge in [-0.2, -0.15) is 0 Å². The molecule has 0 bridgehead atoms. The predicted molar refractivity (Wildman–Crippen MR) is 122 cm³/mol. The van der Waals surface area contributed by atoms with Gasteiger partial charge in [-0.3, -0.25) is 4.79 Å². The summed E-state index contributed by atoms with van der Waals surface area (Å²) in [4.78, 5) is 17.8. The number of benzene rings is 2. The number of rotatable bonds is 7. The van der Waals surface area contributed by atoms with Crippen LogP contribution in [0.25, 0.3) is 0 Å². The maximum absolute atomic E-state index is 12.2. The number of likely N-dealkylation sites (N-methyl/N-ethyl adjacent to an activating group) is 1. The first kappa shape index (κ1) is 21.3. The van der Waals surface area contributed by atoms with E-state index in [4.69, 9.17) is 17.0 Å². The van der Waals surface area contributed by atoms with E-state index in [0.29, 0.717) is 5.75 Å². The van der Waals surface area contributed by atoms with Crippen LogP contribution < -0.4 is 10.1 Å². The quantitative estimate of drug-likeness (QED) is 0.706. The van der Waals surface area contributed by atoms with Crippen LogP contribution in [-0.2, 0) is 11.2 Å². The van der Waals surface area contributed by atoms with E-state index in [1.54, 1.807) is 0 Å². The van der Waals surface area contributed by atoms with E-state index in [-0.39, 0.29) is 12.5 Å². The highest BCUT2D eigenvalue weighted by Gasteiger charge is 2.18. The van der Waals surface area contributed by atoms with Crippen molar-refractivity contribution < 1.29 is 9.53 Å². The van der Waals surface area contributed by atoms with E-state index in [2.05, 4.69) is 29.0 Å². The zero-order valence-corrected chi connectivity index (χ0v) is 18.0. The third kappa shape index (κ3) is 5.78. The Morgan fingerprint density at radius 3 is 2.38 bits per heavy atom. The first-order valence-corrected chi connectivity index (χ1v) is 10.6. The van der Waals surface area contributed by atoms with Crippen LogP contribution in [0.15, 0.2) is 48.5 Å². The summed E-state index contributed by atoms with van der Waals surface area (Å²) >= 11 is 5.66. The van der Waals surface area contributed by atoms with Crippen LogP contribution in [0.1, 0.15) is 25.0 Å². The van der Waals surface area contributed by atoms with Crippen LogP contribution in [0, 0.1) is 0 Å². The van der Waals surface area contributed by atoms with Crippen molar-refractivity contribution in [3.63, 3.8) is 0 Å². The summed E-state index contributed by atoms with van der Waals surface area (Å²) in [7, 11) is 0. The number of piperazine rings is 1. The molecule has 0 aromatic heterocycles. The van der Waals surface area contributed by atoms with Crippen molar-refractivity contribution in [1.29, 1.82) is 0 Å². The molecule has 5 nitrogen and oxygen atoms in total. The molecule has 0 atom stereocenters. The molecule has 1 aliphatic rings. The molecule has 1 aliphatic heterocycles. The normalized spacial score (nSPS) is 14.5. The van der Waals surface area contributed by atoms with Gasteiger partial charge >= 0.3 is 0 Å². The van der Waals surface area contributed by atoms with E-state index >= 15 is 0 Å². The van der Waals surface area contributed by atoms with Gasteiger partial charge in [-0.25, -0.2) is 0 Å². The summed E-state index contributed by atoms with van der Waals surface area (Å²) in [5.41, 5.74) is 2.96. The fourth-order valence-corrected chi connectivity index (χ4v) is 3.75. The number of para-hydroxylation sites is 1. The van der Waals surface area contributed by atoms with Crippen molar-refractivity contribution >= 4 is 28.8 Å². The molecule has 1 amide bonds. The monoisotopic (exact) mass is 411 g/mol. The average Bonchev–Trinajstić information content (AvgIpc) is 2.78. The van der Waals surface area contributed by atoms with Gasteiger partial charge in [0.25, 0.3) is 5.91 Å². The lowest BCUT2D eigenvalue weighted by Gasteiger charge is -2.35. The molecule has 0 spiro atoms. The van der Waals surface area contributed by atoms with Crippen molar-refractivity contribution in [2.24, 2.45) is 0 Å². The van der Waals surface area contributed by atoms with E-state index in [1.807, 2.05) is 48.5 Å². The van der Waals surface area contributed by atoms with Crippen LogP contribution >= 0.6 is 12.2 Å². The highest BCUT2D eigenvalue weighted by Crippen LogP contribution is 2.17. The molecule has 2 aromatic rings. The average molecular weight is 412 g/mol. The van der Waals surface area contributed by atoms with Crippen molar-refractivity contribution in [1.82, 2.24) is 9.80 Å². The SMILES string of the molecule is CCc1ccccc1NC(=O)COc1ccc(C(=S)N2CCN(CC)CC2)cc1. The largest absolute Gasteiger partial charge is 0.484 e. The molecule has 1 fully saturated rings. The maximum atomic E-state index is 12.2. The van der Waals surface area contributed by atoms with Crippen LogP contribution in [0.2, 0.25) is 0 Å². The third-order valence-electron chi connectivity index (χ3n) is 5.25. The van der Waals surface area contributed by atoms with E-state index in [0.717, 1.165) is 60.9 Å². The summed E-state index contributed by atoms with van der Waals surface area (Å²) in [6.07, 6.45) is 0.867. The first-order chi connectivity index (χ1) is 14.1. The molecule has 1 N–H and O–H groups in total. The summed E-state index contributed by atoms with van der Waals surface area (Å²) in [5.74, 6) is 0.491. The van der Waals surface area contributed by atoms with Gasteiger partial charge in [-0.15, -0.1) is 0 Å². The molecule has 1 heterocycles. The second kappa shape index (κ2) is 10.4. The van der Waals surface area contributed by atoms with Gasteiger partial charge in [-0.05, 0) is 48.9 Å². The minimum atomic E-state index is -0.167. The van der Waals surface area contributed by atoms with Crippen molar-refractivity contribution in [3.05, 3.63) is 59.7 Å². The lowest BCUT2D eigenvalue weighted by Crippen LogP contribution is -2.48. The second-order valence-electron chi connectivity index (χ2n) is 7.10. The van der Waals surface area contributed by atoms with Gasteiger partial charge in [0.1, 0.15) is 10.7 Å². The number of aryl methyl sites for hydroxylation is 1. The molecule has 1 saturated heterocycles. The van der Waals surface area contributed by atoms with Crippen molar-refractivity contribution in [3.8, 4) is 5.75 Å². The predicted octanol–water partition coefficient (Wildman–Crippen LogP) is 3.58. The number of thiocarbonyl (C=S) groups is 1. The Bertz CT molecular complexity index is 830. The molecule has 3 rings (SSSR count). The van der Waals surface area contributed by atoms with Gasteiger partial charge < -0.3 is 19.9 Å².